The minimum absolute atomic E-state index is 0.458. The van der Waals surface area contributed by atoms with Gasteiger partial charge in [0.25, 0.3) is 0 Å². The summed E-state index contributed by atoms with van der Waals surface area (Å²) in [7, 11) is 0. The van der Waals surface area contributed by atoms with Gasteiger partial charge in [0.1, 0.15) is 0 Å². The molecule has 0 saturated carbocycles. The fraction of sp³-hybridized carbons (Fsp3) is 0.800. The first-order chi connectivity index (χ1) is 11.4. The zero-order chi connectivity index (χ0) is 16.6. The summed E-state index contributed by atoms with van der Waals surface area (Å²) in [5, 5.41) is 3.40. The molecule has 0 radical (unpaired) electrons. The molecule has 1 aliphatic rings. The van der Waals surface area contributed by atoms with E-state index in [0.717, 1.165) is 13.1 Å². The summed E-state index contributed by atoms with van der Waals surface area (Å²) >= 11 is 0. The molecule has 23 heavy (non-hydrogen) atoms. The van der Waals surface area contributed by atoms with Crippen LogP contribution in [0.15, 0.2) is 24.6 Å². The highest BCUT2D eigenvalue weighted by Gasteiger charge is 2.16. The Bertz CT molecular complexity index is 312. The topological polar surface area (TPSA) is 41.3 Å². The van der Waals surface area contributed by atoms with Gasteiger partial charge in [0.15, 0.2) is 0 Å². The van der Waals surface area contributed by atoms with Crippen molar-refractivity contribution < 1.29 is 0 Å². The minimum atomic E-state index is 0.458. The van der Waals surface area contributed by atoms with E-state index in [-0.39, 0.29) is 0 Å². The maximum absolute atomic E-state index is 5.63. The number of unbranched alkanes of at least 4 members (excludes halogenated alkanes) is 9. The summed E-state index contributed by atoms with van der Waals surface area (Å²) in [6, 6.07) is 0. The number of hydrogen-bond donors (Lipinski definition) is 2. The molecule has 3 heteroatoms. The second-order valence-corrected chi connectivity index (χ2v) is 6.69. The van der Waals surface area contributed by atoms with Gasteiger partial charge in [-0.1, -0.05) is 64.0 Å². The monoisotopic (exact) mass is 321 g/mol. The molecule has 0 spiro atoms. The van der Waals surface area contributed by atoms with E-state index in [0.29, 0.717) is 6.17 Å². The van der Waals surface area contributed by atoms with Crippen LogP contribution in [0.4, 0.5) is 0 Å². The zero-order valence-corrected chi connectivity index (χ0v) is 15.3. The van der Waals surface area contributed by atoms with Crippen molar-refractivity contribution in [2.75, 3.05) is 13.1 Å². The Morgan fingerprint density at radius 3 is 2.30 bits per heavy atom. The van der Waals surface area contributed by atoms with Crippen molar-refractivity contribution in [2.45, 2.75) is 90.1 Å². The first-order valence-corrected chi connectivity index (χ1v) is 9.92. The van der Waals surface area contributed by atoms with Crippen LogP contribution in [-0.2, 0) is 0 Å². The van der Waals surface area contributed by atoms with Crippen LogP contribution in [0.25, 0.3) is 0 Å². The summed E-state index contributed by atoms with van der Waals surface area (Å²) in [4.78, 5) is 2.31. The molecular weight excluding hydrogens is 282 g/mol. The maximum atomic E-state index is 5.63. The van der Waals surface area contributed by atoms with Crippen molar-refractivity contribution in [3.05, 3.63) is 24.6 Å². The quantitative estimate of drug-likeness (QED) is 0.333. The van der Waals surface area contributed by atoms with Crippen LogP contribution >= 0.6 is 0 Å². The molecule has 3 nitrogen and oxygen atoms in total. The molecule has 3 N–H and O–H groups in total. The van der Waals surface area contributed by atoms with E-state index in [1.807, 2.05) is 6.20 Å². The molecule has 134 valence electrons. The van der Waals surface area contributed by atoms with Crippen LogP contribution < -0.4 is 11.1 Å². The molecule has 0 bridgehead atoms. The predicted octanol–water partition coefficient (Wildman–Crippen LogP) is 4.90. The van der Waals surface area contributed by atoms with Gasteiger partial charge in [0.05, 0.1) is 6.17 Å². The van der Waals surface area contributed by atoms with Gasteiger partial charge < -0.3 is 16.0 Å². The van der Waals surface area contributed by atoms with Crippen molar-refractivity contribution in [2.24, 2.45) is 5.73 Å². The normalized spacial score (nSPS) is 17.3. The molecule has 1 heterocycles. The van der Waals surface area contributed by atoms with E-state index >= 15 is 0 Å². The Morgan fingerprint density at radius 1 is 0.957 bits per heavy atom. The van der Waals surface area contributed by atoms with Crippen LogP contribution in [0.5, 0.6) is 0 Å². The van der Waals surface area contributed by atoms with Crippen LogP contribution in [-0.4, -0.2) is 24.2 Å². The Hall–Kier alpha value is -0.960. The zero-order valence-electron chi connectivity index (χ0n) is 15.3. The highest BCUT2D eigenvalue weighted by molar-refractivity contribution is 4.94. The van der Waals surface area contributed by atoms with Crippen LogP contribution in [0.1, 0.15) is 84.0 Å². The molecule has 0 saturated heterocycles. The molecule has 1 rings (SSSR count). The van der Waals surface area contributed by atoms with E-state index in [1.54, 1.807) is 0 Å². The highest BCUT2D eigenvalue weighted by Crippen LogP contribution is 2.12. The second-order valence-electron chi connectivity index (χ2n) is 6.69. The molecule has 1 unspecified atom stereocenters. The summed E-state index contributed by atoms with van der Waals surface area (Å²) in [5.74, 6) is 0. The van der Waals surface area contributed by atoms with E-state index in [2.05, 4.69) is 35.5 Å². The van der Waals surface area contributed by atoms with Gasteiger partial charge in [0.2, 0.25) is 0 Å². The van der Waals surface area contributed by atoms with Gasteiger partial charge in [-0.2, -0.15) is 0 Å². The fourth-order valence-electron chi connectivity index (χ4n) is 3.14. The molecule has 0 fully saturated rings. The van der Waals surface area contributed by atoms with Crippen molar-refractivity contribution in [3.63, 3.8) is 0 Å². The number of nitrogens with one attached hydrogen (secondary N) is 1. The molecule has 0 aliphatic carbocycles. The summed E-state index contributed by atoms with van der Waals surface area (Å²) in [6.07, 6.45) is 25.5. The Morgan fingerprint density at radius 2 is 1.61 bits per heavy atom. The number of nitrogens with two attached hydrogens (primary N) is 1. The van der Waals surface area contributed by atoms with E-state index in [4.69, 9.17) is 5.73 Å². The minimum Gasteiger partial charge on any atom is -0.370 e. The molecule has 1 atom stereocenters. The summed E-state index contributed by atoms with van der Waals surface area (Å²) < 4.78 is 0. The molecule has 0 aromatic carbocycles. The number of nitrogens with zero attached hydrogens (tertiary/aromatic N) is 1. The standard InChI is InChI=1S/C20H39N3/c1-2-3-4-5-6-7-8-9-10-11-12-13-14-15-20-22-17-19-23(20)18-16-21/h11-12,17,19-20,22H,2-10,13-16,18,21H2,1H3/b12-11+. The molecule has 1 aliphatic heterocycles. The fourth-order valence-corrected chi connectivity index (χ4v) is 3.14. The van der Waals surface area contributed by atoms with E-state index in [1.165, 1.54) is 77.0 Å². The number of rotatable bonds is 15. The number of hydrogen-bond acceptors (Lipinski definition) is 3. The number of allylic oxidation sites excluding steroid dienone is 2. The lowest BCUT2D eigenvalue weighted by Gasteiger charge is -2.24. The van der Waals surface area contributed by atoms with Crippen LogP contribution in [0.2, 0.25) is 0 Å². The van der Waals surface area contributed by atoms with Gasteiger partial charge in [-0.25, -0.2) is 0 Å². The van der Waals surface area contributed by atoms with E-state index < -0.39 is 0 Å². The Balaban J connectivity index is 1.85. The van der Waals surface area contributed by atoms with Crippen molar-refractivity contribution >= 4 is 0 Å². The average Bonchev–Trinajstić information content (AvgIpc) is 2.99. The first kappa shape index (κ1) is 20.1. The SMILES string of the molecule is CCCCCCCCCC/C=C/CCCC1NC=CN1CCN. The third kappa shape index (κ3) is 10.4. The molecule has 0 amide bonds. The van der Waals surface area contributed by atoms with Gasteiger partial charge in [-0.05, 0) is 32.1 Å². The van der Waals surface area contributed by atoms with Crippen molar-refractivity contribution in [1.29, 1.82) is 0 Å². The summed E-state index contributed by atoms with van der Waals surface area (Å²) in [6.45, 7) is 3.95. The van der Waals surface area contributed by atoms with E-state index in [9.17, 15) is 0 Å². The van der Waals surface area contributed by atoms with Crippen LogP contribution in [0.3, 0.4) is 0 Å². The Labute approximate surface area is 144 Å². The average molecular weight is 322 g/mol. The largest absolute Gasteiger partial charge is 0.370 e. The smallest absolute Gasteiger partial charge is 0.0981 e. The predicted molar refractivity (Wildman–Crippen MR) is 102 cm³/mol. The van der Waals surface area contributed by atoms with Crippen LogP contribution in [0, 0.1) is 0 Å². The highest BCUT2D eigenvalue weighted by atomic mass is 15.3. The van der Waals surface area contributed by atoms with Gasteiger partial charge in [-0.15, -0.1) is 0 Å². The van der Waals surface area contributed by atoms with Gasteiger partial charge in [0, 0.05) is 25.5 Å². The second kappa shape index (κ2) is 14.6. The van der Waals surface area contributed by atoms with Crippen molar-refractivity contribution in [1.82, 2.24) is 10.2 Å². The van der Waals surface area contributed by atoms with Crippen molar-refractivity contribution in [3.8, 4) is 0 Å². The Kier molecular flexibility index (Phi) is 12.8. The maximum Gasteiger partial charge on any atom is 0.0981 e. The molecule has 0 aromatic rings. The molecular formula is C20H39N3. The van der Waals surface area contributed by atoms with Gasteiger partial charge in [-0.3, -0.25) is 0 Å². The summed E-state index contributed by atoms with van der Waals surface area (Å²) in [5.41, 5.74) is 5.63. The lowest BCUT2D eigenvalue weighted by Crippen LogP contribution is -2.37. The third-order valence-corrected chi connectivity index (χ3v) is 4.58. The lowest BCUT2D eigenvalue weighted by atomic mass is 10.1. The molecule has 0 aromatic heterocycles. The third-order valence-electron chi connectivity index (χ3n) is 4.58. The van der Waals surface area contributed by atoms with Gasteiger partial charge >= 0.3 is 0 Å². The first-order valence-electron chi connectivity index (χ1n) is 9.92. The lowest BCUT2D eigenvalue weighted by molar-refractivity contribution is 0.267.